The molecule has 0 aromatic heterocycles. The van der Waals surface area contributed by atoms with Crippen LogP contribution in [0.25, 0.3) is 0 Å². The largest absolute Gasteiger partial charge is 0.363 e. The molecule has 6 nitrogen and oxygen atoms in total. The first kappa shape index (κ1) is 20.7. The van der Waals surface area contributed by atoms with Crippen LogP contribution >= 0.6 is 23.2 Å². The minimum Gasteiger partial charge on any atom is -0.363 e. The maximum atomic E-state index is 13.1. The lowest BCUT2D eigenvalue weighted by atomic mass is 9.91. The van der Waals surface area contributed by atoms with Crippen molar-refractivity contribution < 1.29 is 19.2 Å². The average Bonchev–Trinajstić information content (AvgIpc) is 2.82. The Kier molecular flexibility index (Phi) is 4.99. The van der Waals surface area contributed by atoms with E-state index < -0.39 is 0 Å². The normalized spacial score (nSPS) is 18.9. The molecular formula is C24H16Cl2N2O4. The predicted molar refractivity (Wildman–Crippen MR) is 119 cm³/mol. The zero-order chi connectivity index (χ0) is 22.6. The molecule has 0 saturated carbocycles. The van der Waals surface area contributed by atoms with Gasteiger partial charge in [0.15, 0.2) is 0 Å². The molecule has 160 valence electrons. The Morgan fingerprint density at radius 3 is 1.09 bits per heavy atom. The predicted octanol–water partition coefficient (Wildman–Crippen LogP) is 3.66. The Bertz CT molecular complexity index is 1190. The van der Waals surface area contributed by atoms with E-state index in [1.807, 2.05) is 0 Å². The minimum atomic E-state index is -0.380. The van der Waals surface area contributed by atoms with E-state index >= 15 is 0 Å². The van der Waals surface area contributed by atoms with Gasteiger partial charge in [0.2, 0.25) is 23.1 Å². The minimum absolute atomic E-state index is 0.0998. The monoisotopic (exact) mass is 466 g/mol. The molecule has 1 saturated heterocycles. The van der Waals surface area contributed by atoms with Crippen molar-refractivity contribution in [2.75, 3.05) is 26.2 Å². The fourth-order valence-electron chi connectivity index (χ4n) is 4.38. The summed E-state index contributed by atoms with van der Waals surface area (Å²) < 4.78 is 0. The van der Waals surface area contributed by atoms with Gasteiger partial charge >= 0.3 is 0 Å². The van der Waals surface area contributed by atoms with Gasteiger partial charge in [0.05, 0.1) is 0 Å². The van der Waals surface area contributed by atoms with Crippen LogP contribution in [0.4, 0.5) is 0 Å². The van der Waals surface area contributed by atoms with Gasteiger partial charge in [0, 0.05) is 48.4 Å². The number of Topliss-reactive ketones (excluding diaryl/α,β-unsaturated/α-hetero) is 4. The number of fused-ring (bicyclic) bond motifs is 2. The molecule has 0 atom stereocenters. The van der Waals surface area contributed by atoms with E-state index in [4.69, 9.17) is 23.2 Å². The summed E-state index contributed by atoms with van der Waals surface area (Å²) >= 11 is 12.6. The lowest BCUT2D eigenvalue weighted by molar-refractivity contribution is 0.0886. The van der Waals surface area contributed by atoms with Gasteiger partial charge in [-0.1, -0.05) is 71.7 Å². The van der Waals surface area contributed by atoms with Crippen molar-refractivity contribution in [3.63, 3.8) is 0 Å². The molecule has 2 aliphatic carbocycles. The molecule has 8 heteroatoms. The average molecular weight is 467 g/mol. The van der Waals surface area contributed by atoms with Crippen molar-refractivity contribution in [3.8, 4) is 0 Å². The Labute approximate surface area is 193 Å². The van der Waals surface area contributed by atoms with Crippen LogP contribution in [0.15, 0.2) is 70.0 Å². The van der Waals surface area contributed by atoms with Crippen molar-refractivity contribution in [1.29, 1.82) is 0 Å². The molecule has 2 aromatic rings. The van der Waals surface area contributed by atoms with Gasteiger partial charge in [-0.05, 0) is 0 Å². The SMILES string of the molecule is O=C1C(Cl)=C(N2CCN(C3=C(Cl)C(=O)c4ccccc4C3=O)CC2)C(=O)c2ccccc21. The molecular weight excluding hydrogens is 451 g/mol. The highest BCUT2D eigenvalue weighted by atomic mass is 35.5. The lowest BCUT2D eigenvalue weighted by Crippen LogP contribution is -2.49. The maximum Gasteiger partial charge on any atom is 0.211 e. The molecule has 1 fully saturated rings. The lowest BCUT2D eigenvalue weighted by Gasteiger charge is -2.40. The van der Waals surface area contributed by atoms with Gasteiger partial charge in [-0.2, -0.15) is 0 Å². The molecule has 0 N–H and O–H groups in total. The number of hydrogen-bond acceptors (Lipinski definition) is 6. The zero-order valence-electron chi connectivity index (χ0n) is 16.7. The van der Waals surface area contributed by atoms with Crippen molar-refractivity contribution in [2.24, 2.45) is 0 Å². The number of carbonyl (C=O) groups is 4. The molecule has 0 radical (unpaired) electrons. The number of halogens is 2. The van der Waals surface area contributed by atoms with Gasteiger partial charge in [-0.3, -0.25) is 19.2 Å². The molecule has 0 unspecified atom stereocenters. The first-order valence-electron chi connectivity index (χ1n) is 10.1. The van der Waals surface area contributed by atoms with E-state index in [1.165, 1.54) is 0 Å². The van der Waals surface area contributed by atoms with Crippen molar-refractivity contribution in [2.45, 2.75) is 0 Å². The highest BCUT2D eigenvalue weighted by Gasteiger charge is 2.38. The van der Waals surface area contributed by atoms with Crippen molar-refractivity contribution in [3.05, 3.63) is 92.2 Å². The topological polar surface area (TPSA) is 74.8 Å². The number of allylic oxidation sites excluding steroid dienone is 4. The summed E-state index contributed by atoms with van der Waals surface area (Å²) in [5.41, 5.74) is 1.60. The molecule has 1 heterocycles. The number of carbonyl (C=O) groups excluding carboxylic acids is 4. The van der Waals surface area contributed by atoms with E-state index in [9.17, 15) is 19.2 Å². The molecule has 0 spiro atoms. The van der Waals surface area contributed by atoms with Crippen molar-refractivity contribution >= 4 is 46.3 Å². The Balaban J connectivity index is 1.41. The molecule has 1 aliphatic heterocycles. The number of piperazine rings is 1. The van der Waals surface area contributed by atoms with Crippen LogP contribution in [0.2, 0.25) is 0 Å². The van der Waals surface area contributed by atoms with Crippen LogP contribution < -0.4 is 0 Å². The molecule has 2 aromatic carbocycles. The smallest absolute Gasteiger partial charge is 0.211 e. The van der Waals surface area contributed by atoms with E-state index in [0.29, 0.717) is 48.4 Å². The highest BCUT2D eigenvalue weighted by molar-refractivity contribution is 6.50. The van der Waals surface area contributed by atoms with E-state index in [-0.39, 0.29) is 44.6 Å². The van der Waals surface area contributed by atoms with Crippen LogP contribution in [0.5, 0.6) is 0 Å². The summed E-state index contributed by atoms with van der Waals surface area (Å²) in [6, 6.07) is 13.2. The van der Waals surface area contributed by atoms with Crippen molar-refractivity contribution in [1.82, 2.24) is 9.80 Å². The summed E-state index contributed by atoms with van der Waals surface area (Å²) in [6.45, 7) is 1.35. The third-order valence-electron chi connectivity index (χ3n) is 5.99. The summed E-state index contributed by atoms with van der Waals surface area (Å²) in [5, 5.41) is -0.200. The molecule has 32 heavy (non-hydrogen) atoms. The number of rotatable bonds is 2. The summed E-state index contributed by atoms with van der Waals surface area (Å²) in [4.78, 5) is 55.0. The fourth-order valence-corrected chi connectivity index (χ4v) is 5.00. The Morgan fingerprint density at radius 1 is 0.500 bits per heavy atom. The molecule has 0 bridgehead atoms. The van der Waals surface area contributed by atoms with E-state index in [0.717, 1.165) is 0 Å². The zero-order valence-corrected chi connectivity index (χ0v) is 18.2. The second-order valence-electron chi connectivity index (χ2n) is 7.71. The Hall–Kier alpha value is -3.22. The highest BCUT2D eigenvalue weighted by Crippen LogP contribution is 2.34. The van der Waals surface area contributed by atoms with Crippen LogP contribution in [0.1, 0.15) is 41.4 Å². The van der Waals surface area contributed by atoms with Gasteiger partial charge in [0.25, 0.3) is 0 Å². The third kappa shape index (κ3) is 3.02. The van der Waals surface area contributed by atoms with Gasteiger partial charge in [0.1, 0.15) is 21.5 Å². The van der Waals surface area contributed by atoms with Crippen LogP contribution in [0.3, 0.4) is 0 Å². The van der Waals surface area contributed by atoms with E-state index in [2.05, 4.69) is 0 Å². The van der Waals surface area contributed by atoms with Crippen LogP contribution in [0, 0.1) is 0 Å². The van der Waals surface area contributed by atoms with Gasteiger partial charge in [-0.15, -0.1) is 0 Å². The summed E-state index contributed by atoms with van der Waals surface area (Å²) in [6.07, 6.45) is 0. The number of benzene rings is 2. The molecule has 0 amide bonds. The molecule has 3 aliphatic rings. The van der Waals surface area contributed by atoms with Crippen LogP contribution in [-0.4, -0.2) is 59.1 Å². The number of hydrogen-bond donors (Lipinski definition) is 0. The summed E-state index contributed by atoms with van der Waals surface area (Å²) in [7, 11) is 0. The maximum absolute atomic E-state index is 13.1. The standard InChI is InChI=1S/C24H16Cl2N2O4/c25-17-19(23(31)15-7-3-1-5-13(15)21(17)29)27-9-11-28(12-10-27)20-18(26)22(30)14-6-2-4-8-16(14)24(20)32/h1-8H,9-12H2. The van der Waals surface area contributed by atoms with E-state index in [1.54, 1.807) is 58.3 Å². The number of nitrogens with zero attached hydrogens (tertiary/aromatic N) is 2. The second kappa shape index (κ2) is 7.73. The van der Waals surface area contributed by atoms with Gasteiger partial charge < -0.3 is 9.80 Å². The molecule has 5 rings (SSSR count). The number of ketones is 4. The van der Waals surface area contributed by atoms with Gasteiger partial charge in [-0.25, -0.2) is 0 Å². The van der Waals surface area contributed by atoms with Crippen LogP contribution in [-0.2, 0) is 0 Å². The quantitative estimate of drug-likeness (QED) is 0.672. The second-order valence-corrected chi connectivity index (χ2v) is 8.46. The first-order valence-corrected chi connectivity index (χ1v) is 10.8. The third-order valence-corrected chi connectivity index (χ3v) is 6.69. The summed E-state index contributed by atoms with van der Waals surface area (Å²) in [5.74, 6) is -1.35. The first-order chi connectivity index (χ1) is 15.4. The Morgan fingerprint density at radius 2 is 0.781 bits per heavy atom. The fraction of sp³-hybridized carbons (Fsp3) is 0.167.